The number of ether oxygens (including phenoxy) is 2. The van der Waals surface area contributed by atoms with Crippen molar-refractivity contribution in [2.45, 2.75) is 51.0 Å². The van der Waals surface area contributed by atoms with Crippen LogP contribution in [0.15, 0.2) is 42.5 Å². The zero-order valence-corrected chi connectivity index (χ0v) is 19.9. The Bertz CT molecular complexity index is 1090. The Hall–Kier alpha value is -3.10. The standard InChI is InChI=1S/C25H28ClN3O5/c1-15(30)28-17-7-10-22-19(11-17)25(32)29(2)21-9-8-18(34-23(21)14-33-22)12-24(31)27-13-16-5-3-4-6-20(16)26/h3-7,10-11,18,21,23H,8-9,12-14H2,1-2H3,(H,27,31)(H,28,30)/t18-,21-,23+/m1/s1. The van der Waals surface area contributed by atoms with Crippen LogP contribution in [0.25, 0.3) is 0 Å². The highest BCUT2D eigenvalue weighted by Gasteiger charge is 2.39. The highest BCUT2D eigenvalue weighted by molar-refractivity contribution is 6.31. The second-order valence-corrected chi connectivity index (χ2v) is 9.04. The number of amides is 3. The number of nitrogens with one attached hydrogen (secondary N) is 2. The lowest BCUT2D eigenvalue weighted by molar-refractivity contribution is -0.134. The van der Waals surface area contributed by atoms with Crippen molar-refractivity contribution < 1.29 is 23.9 Å². The minimum Gasteiger partial charge on any atom is -0.490 e. The molecule has 8 nitrogen and oxygen atoms in total. The number of carbonyl (C=O) groups excluding carboxylic acids is 3. The Morgan fingerprint density at radius 2 is 1.97 bits per heavy atom. The molecule has 0 spiro atoms. The van der Waals surface area contributed by atoms with Crippen LogP contribution in [0.5, 0.6) is 5.75 Å². The predicted molar refractivity (Wildman–Crippen MR) is 128 cm³/mol. The normalized spacial score (nSPS) is 21.9. The zero-order chi connectivity index (χ0) is 24.2. The fourth-order valence-electron chi connectivity index (χ4n) is 4.42. The smallest absolute Gasteiger partial charge is 0.257 e. The maximum atomic E-state index is 13.2. The summed E-state index contributed by atoms with van der Waals surface area (Å²) in [5.74, 6) is -0.0883. The molecule has 2 N–H and O–H groups in total. The molecule has 0 unspecified atom stereocenters. The highest BCUT2D eigenvalue weighted by atomic mass is 35.5. The highest BCUT2D eigenvalue weighted by Crippen LogP contribution is 2.32. The largest absolute Gasteiger partial charge is 0.490 e. The van der Waals surface area contributed by atoms with Crippen LogP contribution in [0, 0.1) is 0 Å². The van der Waals surface area contributed by atoms with Crippen LogP contribution in [0.4, 0.5) is 5.69 Å². The molecule has 0 aliphatic carbocycles. The molecule has 4 rings (SSSR count). The van der Waals surface area contributed by atoms with Crippen molar-refractivity contribution in [3.8, 4) is 5.75 Å². The van der Waals surface area contributed by atoms with E-state index in [-0.39, 0.29) is 49.0 Å². The van der Waals surface area contributed by atoms with Crippen molar-refractivity contribution in [1.82, 2.24) is 10.2 Å². The molecule has 1 fully saturated rings. The van der Waals surface area contributed by atoms with E-state index in [2.05, 4.69) is 10.6 Å². The first-order valence-electron chi connectivity index (χ1n) is 11.3. The van der Waals surface area contributed by atoms with Gasteiger partial charge >= 0.3 is 0 Å². The summed E-state index contributed by atoms with van der Waals surface area (Å²) in [6.45, 7) is 2.03. The van der Waals surface area contributed by atoms with Gasteiger partial charge in [-0.1, -0.05) is 29.8 Å². The van der Waals surface area contributed by atoms with Gasteiger partial charge in [0, 0.05) is 31.2 Å². The molecule has 0 bridgehead atoms. The van der Waals surface area contributed by atoms with Gasteiger partial charge in [-0.15, -0.1) is 0 Å². The van der Waals surface area contributed by atoms with Crippen molar-refractivity contribution in [3.63, 3.8) is 0 Å². The van der Waals surface area contributed by atoms with E-state index >= 15 is 0 Å². The first kappa shape index (κ1) is 24.0. The van der Waals surface area contributed by atoms with E-state index in [9.17, 15) is 14.4 Å². The van der Waals surface area contributed by atoms with E-state index in [1.807, 2.05) is 18.2 Å². The average Bonchev–Trinajstić information content (AvgIpc) is 2.81. The van der Waals surface area contributed by atoms with Crippen molar-refractivity contribution in [2.24, 2.45) is 0 Å². The number of hydrogen-bond donors (Lipinski definition) is 2. The topological polar surface area (TPSA) is 97.0 Å². The maximum absolute atomic E-state index is 13.2. The van der Waals surface area contributed by atoms with Gasteiger partial charge in [0.1, 0.15) is 18.5 Å². The summed E-state index contributed by atoms with van der Waals surface area (Å²) in [5.41, 5.74) is 1.79. The van der Waals surface area contributed by atoms with Gasteiger partial charge in [-0.3, -0.25) is 14.4 Å². The zero-order valence-electron chi connectivity index (χ0n) is 19.2. The van der Waals surface area contributed by atoms with E-state index < -0.39 is 0 Å². The Kier molecular flexibility index (Phi) is 7.38. The van der Waals surface area contributed by atoms with E-state index in [0.717, 1.165) is 5.56 Å². The molecule has 0 radical (unpaired) electrons. The monoisotopic (exact) mass is 485 g/mol. The number of likely N-dealkylation sites (N-methyl/N-ethyl adjacent to an activating group) is 1. The molecule has 2 aromatic rings. The molecule has 0 saturated carbocycles. The molecule has 180 valence electrons. The number of benzene rings is 2. The van der Waals surface area contributed by atoms with Gasteiger partial charge in [-0.05, 0) is 42.7 Å². The van der Waals surface area contributed by atoms with Crippen LogP contribution in [0.1, 0.15) is 42.1 Å². The number of carbonyl (C=O) groups is 3. The van der Waals surface area contributed by atoms with E-state index in [1.54, 1.807) is 36.2 Å². The molecule has 3 amide bonds. The molecular weight excluding hydrogens is 458 g/mol. The van der Waals surface area contributed by atoms with Crippen molar-refractivity contribution >= 4 is 35.0 Å². The van der Waals surface area contributed by atoms with Gasteiger partial charge in [0.15, 0.2) is 0 Å². The molecule has 3 atom stereocenters. The van der Waals surface area contributed by atoms with E-state index in [0.29, 0.717) is 41.4 Å². The number of rotatable bonds is 5. The SMILES string of the molecule is CC(=O)Nc1ccc2c(c1)C(=O)N(C)[C@@H]1CC[C@H](CC(=O)NCc3ccccc3Cl)O[C@H]1CO2. The summed E-state index contributed by atoms with van der Waals surface area (Å²) in [4.78, 5) is 38.8. The third kappa shape index (κ3) is 5.51. The fraction of sp³-hybridized carbons (Fsp3) is 0.400. The average molecular weight is 486 g/mol. The summed E-state index contributed by atoms with van der Waals surface area (Å²) in [6.07, 6.45) is 0.950. The quantitative estimate of drug-likeness (QED) is 0.676. The maximum Gasteiger partial charge on any atom is 0.257 e. The number of nitrogens with zero attached hydrogens (tertiary/aromatic N) is 1. The summed E-state index contributed by atoms with van der Waals surface area (Å²) in [6, 6.07) is 12.2. The summed E-state index contributed by atoms with van der Waals surface area (Å²) < 4.78 is 12.2. The number of halogens is 1. The van der Waals surface area contributed by atoms with Gasteiger partial charge in [0.25, 0.3) is 5.91 Å². The summed E-state index contributed by atoms with van der Waals surface area (Å²) in [5, 5.41) is 6.21. The number of anilines is 1. The van der Waals surface area contributed by atoms with Crippen molar-refractivity contribution in [3.05, 3.63) is 58.6 Å². The third-order valence-corrected chi connectivity index (χ3v) is 6.55. The van der Waals surface area contributed by atoms with Crippen molar-refractivity contribution in [2.75, 3.05) is 19.0 Å². The molecule has 1 saturated heterocycles. The molecule has 2 aliphatic rings. The third-order valence-electron chi connectivity index (χ3n) is 6.18. The molecule has 0 aromatic heterocycles. The Balaban J connectivity index is 1.39. The van der Waals surface area contributed by atoms with Crippen LogP contribution < -0.4 is 15.4 Å². The summed E-state index contributed by atoms with van der Waals surface area (Å²) in [7, 11) is 1.75. The number of fused-ring (bicyclic) bond motifs is 2. The predicted octanol–water partition coefficient (Wildman–Crippen LogP) is 3.39. The van der Waals surface area contributed by atoms with Gasteiger partial charge in [-0.2, -0.15) is 0 Å². The molecule has 2 heterocycles. The second kappa shape index (κ2) is 10.4. The Morgan fingerprint density at radius 1 is 1.18 bits per heavy atom. The lowest BCUT2D eigenvalue weighted by Crippen LogP contribution is -2.53. The lowest BCUT2D eigenvalue weighted by atomic mass is 9.94. The molecule has 2 aromatic carbocycles. The molecular formula is C25H28ClN3O5. The van der Waals surface area contributed by atoms with Crippen LogP contribution in [-0.2, 0) is 20.9 Å². The minimum absolute atomic E-state index is 0.115. The molecule has 2 aliphatic heterocycles. The van der Waals surface area contributed by atoms with E-state index in [1.165, 1.54) is 6.92 Å². The summed E-state index contributed by atoms with van der Waals surface area (Å²) >= 11 is 6.16. The van der Waals surface area contributed by atoms with Crippen LogP contribution >= 0.6 is 11.6 Å². The van der Waals surface area contributed by atoms with Gasteiger partial charge in [0.2, 0.25) is 11.8 Å². The van der Waals surface area contributed by atoms with Crippen molar-refractivity contribution in [1.29, 1.82) is 0 Å². The Labute approximate surface area is 203 Å². The Morgan fingerprint density at radius 3 is 2.74 bits per heavy atom. The van der Waals surface area contributed by atoms with Crippen LogP contribution in [-0.4, -0.2) is 54.5 Å². The minimum atomic E-state index is -0.354. The van der Waals surface area contributed by atoms with Crippen LogP contribution in [0.3, 0.4) is 0 Å². The van der Waals surface area contributed by atoms with Gasteiger partial charge < -0.3 is 25.0 Å². The fourth-order valence-corrected chi connectivity index (χ4v) is 4.63. The molecule has 9 heteroatoms. The molecule has 34 heavy (non-hydrogen) atoms. The number of hydrogen-bond acceptors (Lipinski definition) is 5. The second-order valence-electron chi connectivity index (χ2n) is 8.63. The van der Waals surface area contributed by atoms with Crippen LogP contribution in [0.2, 0.25) is 5.02 Å². The first-order chi connectivity index (χ1) is 16.3. The lowest BCUT2D eigenvalue weighted by Gasteiger charge is -2.42. The van der Waals surface area contributed by atoms with Gasteiger partial charge in [0.05, 0.1) is 24.1 Å². The first-order valence-corrected chi connectivity index (χ1v) is 11.7. The van der Waals surface area contributed by atoms with Gasteiger partial charge in [-0.25, -0.2) is 0 Å². The van der Waals surface area contributed by atoms with E-state index in [4.69, 9.17) is 21.1 Å².